The van der Waals surface area contributed by atoms with Crippen LogP contribution in [0.25, 0.3) is 0 Å². The Kier molecular flexibility index (Phi) is 2.60. The number of likely N-dealkylation sites (N-methyl/N-ethyl adjacent to an activating group) is 1. The highest BCUT2D eigenvalue weighted by atomic mass is 14.9. The van der Waals surface area contributed by atoms with E-state index >= 15 is 0 Å². The van der Waals surface area contributed by atoms with Gasteiger partial charge in [-0.05, 0) is 24.9 Å². The Morgan fingerprint density at radius 3 is 2.57 bits per heavy atom. The Morgan fingerprint density at radius 2 is 2.07 bits per heavy atom. The fourth-order valence-corrected chi connectivity index (χ4v) is 2.67. The lowest BCUT2D eigenvalue weighted by molar-refractivity contribution is 0.554. The first-order chi connectivity index (χ1) is 6.83. The molecule has 0 spiro atoms. The van der Waals surface area contributed by atoms with Crippen molar-refractivity contribution in [1.29, 1.82) is 0 Å². The number of hydrogen-bond acceptors (Lipinski definition) is 1. The van der Waals surface area contributed by atoms with Crippen LogP contribution < -0.4 is 5.32 Å². The summed E-state index contributed by atoms with van der Waals surface area (Å²) in [6.45, 7) is 3.42. The summed E-state index contributed by atoms with van der Waals surface area (Å²) in [6, 6.07) is 10.9. The molecule has 1 fully saturated rings. The van der Waals surface area contributed by atoms with Crippen molar-refractivity contribution in [3.8, 4) is 0 Å². The molecule has 76 valence electrons. The molecule has 2 rings (SSSR count). The summed E-state index contributed by atoms with van der Waals surface area (Å²) in [5.74, 6) is 0.886. The van der Waals surface area contributed by atoms with Gasteiger partial charge in [0, 0.05) is 12.0 Å². The molecule has 0 heterocycles. The Bertz CT molecular complexity index is 293. The van der Waals surface area contributed by atoms with Crippen LogP contribution in [0.3, 0.4) is 0 Å². The van der Waals surface area contributed by atoms with Gasteiger partial charge in [0.2, 0.25) is 0 Å². The molecule has 1 aromatic rings. The summed E-state index contributed by atoms with van der Waals surface area (Å²) in [4.78, 5) is 0. The SMILES string of the molecule is CCC1CC1(CNC)c1ccccc1. The van der Waals surface area contributed by atoms with Crippen LogP contribution >= 0.6 is 0 Å². The van der Waals surface area contributed by atoms with Crippen LogP contribution in [-0.4, -0.2) is 13.6 Å². The molecule has 0 aliphatic heterocycles. The van der Waals surface area contributed by atoms with Crippen molar-refractivity contribution in [2.75, 3.05) is 13.6 Å². The number of rotatable bonds is 4. The van der Waals surface area contributed by atoms with E-state index in [-0.39, 0.29) is 0 Å². The lowest BCUT2D eigenvalue weighted by atomic mass is 9.92. The van der Waals surface area contributed by atoms with Crippen molar-refractivity contribution in [1.82, 2.24) is 5.32 Å². The van der Waals surface area contributed by atoms with Crippen molar-refractivity contribution in [3.05, 3.63) is 35.9 Å². The zero-order valence-corrected chi connectivity index (χ0v) is 9.09. The molecule has 0 amide bonds. The molecule has 1 saturated carbocycles. The third-order valence-electron chi connectivity index (χ3n) is 3.57. The predicted octanol–water partition coefficient (Wildman–Crippen LogP) is 2.57. The molecule has 2 unspecified atom stereocenters. The maximum atomic E-state index is 3.33. The van der Waals surface area contributed by atoms with E-state index in [2.05, 4.69) is 49.6 Å². The van der Waals surface area contributed by atoms with Gasteiger partial charge in [-0.25, -0.2) is 0 Å². The summed E-state index contributed by atoms with van der Waals surface area (Å²) in [5, 5.41) is 3.33. The highest BCUT2D eigenvalue weighted by Gasteiger charge is 2.53. The molecule has 1 aromatic carbocycles. The summed E-state index contributed by atoms with van der Waals surface area (Å²) in [7, 11) is 2.05. The molecule has 0 bridgehead atoms. The van der Waals surface area contributed by atoms with Crippen LogP contribution in [0.5, 0.6) is 0 Å². The van der Waals surface area contributed by atoms with Crippen molar-refractivity contribution in [3.63, 3.8) is 0 Å². The Balaban J connectivity index is 2.22. The van der Waals surface area contributed by atoms with Crippen LogP contribution in [0.15, 0.2) is 30.3 Å². The van der Waals surface area contributed by atoms with Gasteiger partial charge in [-0.3, -0.25) is 0 Å². The van der Waals surface area contributed by atoms with Gasteiger partial charge in [0.05, 0.1) is 0 Å². The van der Waals surface area contributed by atoms with Gasteiger partial charge in [0.25, 0.3) is 0 Å². The minimum Gasteiger partial charge on any atom is -0.319 e. The quantitative estimate of drug-likeness (QED) is 0.767. The topological polar surface area (TPSA) is 12.0 Å². The van der Waals surface area contributed by atoms with Crippen LogP contribution in [0.1, 0.15) is 25.3 Å². The zero-order chi connectivity index (χ0) is 10.0. The van der Waals surface area contributed by atoms with E-state index in [1.807, 2.05) is 0 Å². The third-order valence-corrected chi connectivity index (χ3v) is 3.57. The first-order valence-electron chi connectivity index (χ1n) is 5.53. The molecule has 0 radical (unpaired) electrons. The van der Waals surface area contributed by atoms with Gasteiger partial charge in [-0.1, -0.05) is 43.7 Å². The predicted molar refractivity (Wildman–Crippen MR) is 60.4 cm³/mol. The van der Waals surface area contributed by atoms with Crippen molar-refractivity contribution >= 4 is 0 Å². The molecular formula is C13H19N. The molecule has 1 heteroatoms. The minimum atomic E-state index is 0.449. The molecule has 0 aromatic heterocycles. The smallest absolute Gasteiger partial charge is 0.0109 e. The number of nitrogens with one attached hydrogen (secondary N) is 1. The van der Waals surface area contributed by atoms with E-state index in [4.69, 9.17) is 0 Å². The minimum absolute atomic E-state index is 0.449. The first-order valence-corrected chi connectivity index (χ1v) is 5.53. The average Bonchev–Trinajstić information content (AvgIpc) is 2.95. The van der Waals surface area contributed by atoms with Crippen molar-refractivity contribution < 1.29 is 0 Å². The van der Waals surface area contributed by atoms with Crippen LogP contribution in [-0.2, 0) is 5.41 Å². The summed E-state index contributed by atoms with van der Waals surface area (Å²) in [5.41, 5.74) is 1.96. The van der Waals surface area contributed by atoms with E-state index in [0.717, 1.165) is 12.5 Å². The molecular weight excluding hydrogens is 170 g/mol. The second kappa shape index (κ2) is 3.74. The second-order valence-corrected chi connectivity index (χ2v) is 4.36. The van der Waals surface area contributed by atoms with E-state index in [1.165, 1.54) is 18.4 Å². The molecule has 0 saturated heterocycles. The van der Waals surface area contributed by atoms with E-state index < -0.39 is 0 Å². The third kappa shape index (κ3) is 1.46. The zero-order valence-electron chi connectivity index (χ0n) is 9.09. The van der Waals surface area contributed by atoms with E-state index in [9.17, 15) is 0 Å². The molecule has 1 aliphatic carbocycles. The molecule has 1 N–H and O–H groups in total. The summed E-state index contributed by atoms with van der Waals surface area (Å²) >= 11 is 0. The largest absolute Gasteiger partial charge is 0.319 e. The standard InChI is InChI=1S/C13H19N/c1-3-11-9-13(11,10-14-2)12-7-5-4-6-8-12/h4-8,11,14H,3,9-10H2,1-2H3. The second-order valence-electron chi connectivity index (χ2n) is 4.36. The lowest BCUT2D eigenvalue weighted by Gasteiger charge is -2.17. The highest BCUT2D eigenvalue weighted by Crippen LogP contribution is 2.55. The summed E-state index contributed by atoms with van der Waals surface area (Å²) in [6.07, 6.45) is 2.66. The van der Waals surface area contributed by atoms with Gasteiger partial charge < -0.3 is 5.32 Å². The van der Waals surface area contributed by atoms with Gasteiger partial charge in [0.1, 0.15) is 0 Å². The molecule has 1 nitrogen and oxygen atoms in total. The van der Waals surface area contributed by atoms with Gasteiger partial charge in [0.15, 0.2) is 0 Å². The van der Waals surface area contributed by atoms with Crippen LogP contribution in [0.2, 0.25) is 0 Å². The molecule has 2 atom stereocenters. The number of benzene rings is 1. The van der Waals surface area contributed by atoms with Crippen LogP contribution in [0.4, 0.5) is 0 Å². The van der Waals surface area contributed by atoms with E-state index in [0.29, 0.717) is 5.41 Å². The molecule has 1 aliphatic rings. The van der Waals surface area contributed by atoms with Gasteiger partial charge in [-0.2, -0.15) is 0 Å². The fourth-order valence-electron chi connectivity index (χ4n) is 2.67. The normalized spacial score (nSPS) is 30.3. The maximum absolute atomic E-state index is 3.33. The van der Waals surface area contributed by atoms with Crippen molar-refractivity contribution in [2.45, 2.75) is 25.2 Å². The van der Waals surface area contributed by atoms with Gasteiger partial charge in [-0.15, -0.1) is 0 Å². The fraction of sp³-hybridized carbons (Fsp3) is 0.538. The van der Waals surface area contributed by atoms with E-state index in [1.54, 1.807) is 0 Å². The molecule has 14 heavy (non-hydrogen) atoms. The number of hydrogen-bond donors (Lipinski definition) is 1. The summed E-state index contributed by atoms with van der Waals surface area (Å²) < 4.78 is 0. The monoisotopic (exact) mass is 189 g/mol. The Hall–Kier alpha value is -0.820. The highest BCUT2D eigenvalue weighted by molar-refractivity contribution is 5.34. The Labute approximate surface area is 86.5 Å². The average molecular weight is 189 g/mol. The van der Waals surface area contributed by atoms with Crippen LogP contribution in [0, 0.1) is 5.92 Å². The first kappa shape index (κ1) is 9.72. The maximum Gasteiger partial charge on any atom is 0.0109 e. The van der Waals surface area contributed by atoms with Gasteiger partial charge >= 0.3 is 0 Å². The lowest BCUT2D eigenvalue weighted by Crippen LogP contribution is -2.25. The Morgan fingerprint density at radius 1 is 1.36 bits per heavy atom. The van der Waals surface area contributed by atoms with Crippen molar-refractivity contribution in [2.24, 2.45) is 5.92 Å².